The zero-order valence-corrected chi connectivity index (χ0v) is 15.5. The van der Waals surface area contributed by atoms with Gasteiger partial charge in [-0.25, -0.2) is 16.8 Å². The van der Waals surface area contributed by atoms with Gasteiger partial charge in [0.2, 0.25) is 0 Å². The first-order valence-corrected chi connectivity index (χ1v) is 10.3. The van der Waals surface area contributed by atoms with Gasteiger partial charge in [-0.15, -0.1) is 35.6 Å². The SMILES string of the molecule is CC(Cl)S(=O)(=O)CCCNCCCS(=O)(=O)C(C)Cl.Cl. The normalized spacial score (nSPS) is 15.4. The van der Waals surface area contributed by atoms with E-state index in [1.165, 1.54) is 13.8 Å². The second kappa shape index (κ2) is 10.5. The van der Waals surface area contributed by atoms with E-state index < -0.39 is 29.1 Å². The van der Waals surface area contributed by atoms with Crippen molar-refractivity contribution in [2.24, 2.45) is 0 Å². The van der Waals surface area contributed by atoms with E-state index in [9.17, 15) is 16.8 Å². The highest BCUT2D eigenvalue weighted by Crippen LogP contribution is 2.08. The van der Waals surface area contributed by atoms with Gasteiger partial charge in [0.25, 0.3) is 0 Å². The molecule has 0 aromatic rings. The van der Waals surface area contributed by atoms with Gasteiger partial charge in [-0.3, -0.25) is 0 Å². The highest BCUT2D eigenvalue weighted by atomic mass is 35.5. The van der Waals surface area contributed by atoms with Crippen LogP contribution in [0.2, 0.25) is 0 Å². The van der Waals surface area contributed by atoms with Crippen molar-refractivity contribution in [2.75, 3.05) is 24.6 Å². The largest absolute Gasteiger partial charge is 0.317 e. The van der Waals surface area contributed by atoms with E-state index in [0.717, 1.165) is 0 Å². The van der Waals surface area contributed by atoms with E-state index in [-0.39, 0.29) is 23.9 Å². The van der Waals surface area contributed by atoms with Crippen LogP contribution in [0.25, 0.3) is 0 Å². The summed E-state index contributed by atoms with van der Waals surface area (Å²) in [6, 6.07) is 0. The smallest absolute Gasteiger partial charge is 0.166 e. The molecule has 0 bridgehead atoms. The Bertz CT molecular complexity index is 407. The van der Waals surface area contributed by atoms with Crippen LogP contribution in [0.3, 0.4) is 0 Å². The number of hydrogen-bond acceptors (Lipinski definition) is 5. The third-order valence-electron chi connectivity index (χ3n) is 2.55. The maximum Gasteiger partial charge on any atom is 0.166 e. The Morgan fingerprint density at radius 2 is 1.15 bits per heavy atom. The van der Waals surface area contributed by atoms with Crippen LogP contribution in [-0.4, -0.2) is 50.8 Å². The number of halogens is 3. The highest BCUT2D eigenvalue weighted by Gasteiger charge is 2.18. The molecular weight excluding hydrogens is 369 g/mol. The zero-order chi connectivity index (χ0) is 15.1. The minimum Gasteiger partial charge on any atom is -0.317 e. The second-order valence-corrected chi connectivity index (χ2v) is 11.0. The minimum absolute atomic E-state index is 0. The first-order valence-electron chi connectivity index (χ1n) is 6.01. The molecule has 1 N–H and O–H groups in total. The van der Waals surface area contributed by atoms with E-state index in [1.807, 2.05) is 0 Å². The number of alkyl halides is 2. The first-order chi connectivity index (χ1) is 8.59. The second-order valence-electron chi connectivity index (χ2n) is 4.28. The molecule has 0 aliphatic carbocycles. The molecule has 0 aliphatic heterocycles. The summed E-state index contributed by atoms with van der Waals surface area (Å²) in [7, 11) is -6.43. The van der Waals surface area contributed by atoms with Crippen molar-refractivity contribution in [3.8, 4) is 0 Å². The molecule has 0 heterocycles. The molecule has 0 spiro atoms. The summed E-state index contributed by atoms with van der Waals surface area (Å²) in [4.78, 5) is 0. The van der Waals surface area contributed by atoms with Crippen LogP contribution in [-0.2, 0) is 19.7 Å². The van der Waals surface area contributed by atoms with Gasteiger partial charge in [0.15, 0.2) is 19.7 Å². The Labute approximate surface area is 138 Å². The molecule has 0 aromatic heterocycles. The Morgan fingerprint density at radius 3 is 1.40 bits per heavy atom. The van der Waals surface area contributed by atoms with Gasteiger partial charge in [0, 0.05) is 0 Å². The van der Waals surface area contributed by atoms with E-state index in [0.29, 0.717) is 25.9 Å². The number of hydrogen-bond donors (Lipinski definition) is 1. The molecule has 0 saturated heterocycles. The Morgan fingerprint density at radius 1 is 0.850 bits per heavy atom. The van der Waals surface area contributed by atoms with Gasteiger partial charge in [0.05, 0.1) is 11.5 Å². The van der Waals surface area contributed by atoms with Crippen LogP contribution in [0.1, 0.15) is 26.7 Å². The van der Waals surface area contributed by atoms with Crippen molar-refractivity contribution in [1.29, 1.82) is 0 Å². The minimum atomic E-state index is -3.21. The fraction of sp³-hybridized carbons (Fsp3) is 1.00. The van der Waals surface area contributed by atoms with E-state index >= 15 is 0 Å². The molecule has 0 amide bonds. The predicted octanol–water partition coefficient (Wildman–Crippen LogP) is 1.78. The molecule has 0 fully saturated rings. The third-order valence-corrected chi connectivity index (χ3v) is 7.88. The van der Waals surface area contributed by atoms with Crippen molar-refractivity contribution >= 4 is 55.3 Å². The van der Waals surface area contributed by atoms with Crippen molar-refractivity contribution in [3.63, 3.8) is 0 Å². The summed E-state index contributed by atoms with van der Waals surface area (Å²) in [6.07, 6.45) is 0.913. The quantitative estimate of drug-likeness (QED) is 0.454. The first kappa shape index (κ1) is 23.0. The van der Waals surface area contributed by atoms with E-state index in [1.54, 1.807) is 0 Å². The average molecular weight is 391 g/mol. The number of nitrogens with one attached hydrogen (secondary N) is 1. The molecule has 124 valence electrons. The van der Waals surface area contributed by atoms with Gasteiger partial charge in [-0.2, -0.15) is 0 Å². The van der Waals surface area contributed by atoms with Gasteiger partial charge in [-0.05, 0) is 39.8 Å². The summed E-state index contributed by atoms with van der Waals surface area (Å²) in [5.74, 6) is 0.0589. The van der Waals surface area contributed by atoms with Crippen LogP contribution in [0, 0.1) is 0 Å². The molecule has 0 aliphatic rings. The van der Waals surface area contributed by atoms with Crippen molar-refractivity contribution in [3.05, 3.63) is 0 Å². The topological polar surface area (TPSA) is 80.3 Å². The average Bonchev–Trinajstić information content (AvgIpc) is 2.27. The van der Waals surface area contributed by atoms with E-state index in [2.05, 4.69) is 5.32 Å². The maximum absolute atomic E-state index is 11.4. The predicted molar refractivity (Wildman–Crippen MR) is 87.6 cm³/mol. The van der Waals surface area contributed by atoms with Crippen LogP contribution in [0.15, 0.2) is 0 Å². The highest BCUT2D eigenvalue weighted by molar-refractivity contribution is 7.93. The Kier molecular flexibility index (Phi) is 12.0. The van der Waals surface area contributed by atoms with Crippen molar-refractivity contribution in [1.82, 2.24) is 5.32 Å². The van der Waals surface area contributed by atoms with Crippen LogP contribution >= 0.6 is 35.6 Å². The zero-order valence-electron chi connectivity index (χ0n) is 11.5. The fourth-order valence-corrected chi connectivity index (χ4v) is 3.52. The number of rotatable bonds is 10. The van der Waals surface area contributed by atoms with Crippen molar-refractivity contribution < 1.29 is 16.8 Å². The summed E-state index contributed by atoms with van der Waals surface area (Å²) in [5.41, 5.74) is 0. The lowest BCUT2D eigenvalue weighted by atomic mass is 10.4. The van der Waals surface area contributed by atoms with Crippen LogP contribution in [0.4, 0.5) is 0 Å². The van der Waals surface area contributed by atoms with Gasteiger partial charge >= 0.3 is 0 Å². The Hall–Kier alpha value is 0.730. The lowest BCUT2D eigenvalue weighted by molar-refractivity contribution is 0.582. The standard InChI is InChI=1S/C10H21Cl2NO4S2.ClH/c1-9(11)18(14,15)7-3-5-13-6-4-8-19(16,17)10(2)12;/h9-10,13H,3-8H2,1-2H3;1H. The van der Waals surface area contributed by atoms with E-state index in [4.69, 9.17) is 23.2 Å². The van der Waals surface area contributed by atoms with Crippen molar-refractivity contribution in [2.45, 2.75) is 36.1 Å². The number of sulfone groups is 2. The lowest BCUT2D eigenvalue weighted by Gasteiger charge is -2.08. The lowest BCUT2D eigenvalue weighted by Crippen LogP contribution is -2.24. The van der Waals surface area contributed by atoms with Gasteiger partial charge in [-0.1, -0.05) is 0 Å². The molecule has 10 heteroatoms. The maximum atomic E-state index is 11.4. The molecule has 0 radical (unpaired) electrons. The molecular formula is C10H22Cl3NO4S2. The molecule has 0 saturated carbocycles. The van der Waals surface area contributed by atoms with Crippen LogP contribution < -0.4 is 5.32 Å². The molecule has 0 rings (SSSR count). The van der Waals surface area contributed by atoms with Gasteiger partial charge in [0.1, 0.15) is 9.42 Å². The monoisotopic (exact) mass is 389 g/mol. The van der Waals surface area contributed by atoms with Gasteiger partial charge < -0.3 is 5.32 Å². The Balaban J connectivity index is 0. The molecule has 0 aromatic carbocycles. The summed E-state index contributed by atoms with van der Waals surface area (Å²) < 4.78 is 43.7. The third kappa shape index (κ3) is 9.63. The molecule has 2 atom stereocenters. The van der Waals surface area contributed by atoms with Crippen LogP contribution in [0.5, 0.6) is 0 Å². The molecule has 2 unspecified atom stereocenters. The molecule has 20 heavy (non-hydrogen) atoms. The summed E-state index contributed by atoms with van der Waals surface area (Å²) >= 11 is 11.0. The summed E-state index contributed by atoms with van der Waals surface area (Å²) in [5, 5.41) is 2.99. The molecule has 5 nitrogen and oxygen atoms in total. The summed E-state index contributed by atoms with van der Waals surface area (Å²) in [6.45, 7) is 3.89. The fourth-order valence-electron chi connectivity index (χ4n) is 1.25.